The molecule has 0 saturated carbocycles. The van der Waals surface area contributed by atoms with Gasteiger partial charge in [-0.2, -0.15) is 0 Å². The van der Waals surface area contributed by atoms with Crippen LogP contribution in [-0.2, 0) is 14.4 Å². The van der Waals surface area contributed by atoms with Gasteiger partial charge in [0.1, 0.15) is 5.75 Å². The van der Waals surface area contributed by atoms with Crippen molar-refractivity contribution in [3.8, 4) is 11.5 Å². The molecule has 1 aliphatic heterocycles. The van der Waals surface area contributed by atoms with Gasteiger partial charge in [-0.3, -0.25) is 4.79 Å². The molecule has 48 heavy (non-hydrogen) atoms. The van der Waals surface area contributed by atoms with Gasteiger partial charge in [0.15, 0.2) is 14.1 Å². The van der Waals surface area contributed by atoms with Gasteiger partial charge < -0.3 is 24.2 Å². The van der Waals surface area contributed by atoms with Crippen molar-refractivity contribution in [2.24, 2.45) is 0 Å². The van der Waals surface area contributed by atoms with Gasteiger partial charge in [-0.25, -0.2) is 13.1 Å². The number of carbonyl (C=O) groups excluding carboxylic acids is 1. The highest BCUT2D eigenvalue weighted by molar-refractivity contribution is 7.89. The number of ether oxygens (including phenoxy) is 1. The lowest BCUT2D eigenvalue weighted by Gasteiger charge is -2.42. The average molecular weight is 718 g/mol. The lowest BCUT2D eigenvalue weighted by molar-refractivity contribution is 0.0627. The molecule has 3 N–H and O–H groups in total. The molecule has 1 unspecified atom stereocenters. The molecule has 1 aliphatic rings. The molecule has 1 heterocycles. The smallest absolute Gasteiger partial charge is 0.258 e. The van der Waals surface area contributed by atoms with Gasteiger partial charge in [0, 0.05) is 18.3 Å². The maximum atomic E-state index is 14.4. The van der Waals surface area contributed by atoms with Gasteiger partial charge in [0.25, 0.3) is 14.2 Å². The molecule has 0 saturated heterocycles. The number of benzene rings is 2. The number of nitrogen functional groups attached to an aromatic ring is 1. The number of methoxy groups -OCH3 is 1. The molecule has 0 aliphatic carbocycles. The number of anilines is 1. The number of nitrogens with zero attached hydrogens (tertiary/aromatic N) is 1. The minimum atomic E-state index is -3.55. The molecular formula is C36H59N3O6SSi2. The Morgan fingerprint density at radius 3 is 2.04 bits per heavy atom. The van der Waals surface area contributed by atoms with E-state index in [1.165, 1.54) is 7.05 Å². The summed E-state index contributed by atoms with van der Waals surface area (Å²) < 4.78 is 46.4. The third-order valence-electron chi connectivity index (χ3n) is 10.5. The van der Waals surface area contributed by atoms with Crippen molar-refractivity contribution in [3.63, 3.8) is 0 Å². The van der Waals surface area contributed by atoms with Crippen LogP contribution in [0.4, 0.5) is 5.69 Å². The molecule has 1 atom stereocenters. The van der Waals surface area contributed by atoms with Crippen LogP contribution in [0.2, 0.25) is 34.8 Å². The Kier molecular flexibility index (Phi) is 12.5. The van der Waals surface area contributed by atoms with Crippen LogP contribution in [0.25, 0.3) is 5.57 Å². The Bertz CT molecular complexity index is 1560. The molecule has 0 radical (unpaired) electrons. The average Bonchev–Trinajstić information content (AvgIpc) is 3.01. The fraction of sp³-hybridized carbons (Fsp3) is 0.583. The summed E-state index contributed by atoms with van der Waals surface area (Å²) in [5.41, 5.74) is 10.4. The molecule has 3 rings (SSSR count). The summed E-state index contributed by atoms with van der Waals surface area (Å²) in [6, 6.07) is 10.1. The van der Waals surface area contributed by atoms with Crippen LogP contribution in [0.1, 0.15) is 84.7 Å². The van der Waals surface area contributed by atoms with E-state index in [-0.39, 0.29) is 21.9 Å². The van der Waals surface area contributed by atoms with Crippen molar-refractivity contribution in [2.45, 2.75) is 114 Å². The van der Waals surface area contributed by atoms with Crippen molar-refractivity contribution in [3.05, 3.63) is 53.6 Å². The molecule has 12 heteroatoms. The quantitative estimate of drug-likeness (QED) is 0.159. The lowest BCUT2D eigenvalue weighted by Crippen LogP contribution is -2.50. The maximum absolute atomic E-state index is 14.4. The number of nitrogens with one attached hydrogen (secondary N) is 1. The monoisotopic (exact) mass is 717 g/mol. The topological polar surface area (TPSA) is 120 Å². The Morgan fingerprint density at radius 2 is 1.56 bits per heavy atom. The van der Waals surface area contributed by atoms with E-state index in [4.69, 9.17) is 19.3 Å². The Morgan fingerprint density at radius 1 is 1.00 bits per heavy atom. The van der Waals surface area contributed by atoms with Crippen molar-refractivity contribution in [2.75, 3.05) is 33.0 Å². The Labute approximate surface area is 291 Å². The Hall–Kier alpha value is -2.65. The second kappa shape index (κ2) is 15.1. The van der Waals surface area contributed by atoms with Crippen LogP contribution in [-0.4, -0.2) is 69.2 Å². The van der Waals surface area contributed by atoms with Gasteiger partial charge in [0.2, 0.25) is 10.0 Å². The van der Waals surface area contributed by atoms with Crippen molar-refractivity contribution in [1.29, 1.82) is 0 Å². The van der Waals surface area contributed by atoms with Crippen molar-refractivity contribution < 1.29 is 26.8 Å². The summed E-state index contributed by atoms with van der Waals surface area (Å²) in [5.74, 6) is 0.869. The first-order valence-corrected chi connectivity index (χ1v) is 23.5. The van der Waals surface area contributed by atoms with E-state index in [0.717, 1.165) is 11.1 Å². The number of hydrogen-bond acceptors (Lipinski definition) is 7. The fourth-order valence-electron chi connectivity index (χ4n) is 6.62. The summed E-state index contributed by atoms with van der Waals surface area (Å²) in [5, 5.41) is -0.00205. The highest BCUT2D eigenvalue weighted by Gasteiger charge is 2.47. The number of hydrogen-bond donors (Lipinski definition) is 2. The summed E-state index contributed by atoms with van der Waals surface area (Å²) in [4.78, 5) is 16.4. The number of sulfonamides is 1. The van der Waals surface area contributed by atoms with Crippen LogP contribution in [0, 0.1) is 0 Å². The first-order valence-electron chi connectivity index (χ1n) is 17.0. The standard InChI is InChI=1S/C36H59N3O6SSi2/c1-24(2)48(25(3)4,26(5)6)45-34-22-32(37)31(21-33(34)43-11)35(40)39-19-18-28(20-29(39)23-44-47(12,13)36(7,8)9)27-14-16-30(17-15-27)46(41,42)38-10/h14-18,21-22,24-26,29,38H,19-20,23,37H2,1-13H3. The van der Waals surface area contributed by atoms with Crippen LogP contribution >= 0.6 is 0 Å². The number of amides is 1. The van der Waals surface area contributed by atoms with Gasteiger partial charge >= 0.3 is 0 Å². The predicted molar refractivity (Wildman–Crippen MR) is 202 cm³/mol. The highest BCUT2D eigenvalue weighted by Crippen LogP contribution is 2.46. The molecule has 268 valence electrons. The van der Waals surface area contributed by atoms with Crippen LogP contribution in [0.3, 0.4) is 0 Å². The van der Waals surface area contributed by atoms with Crippen LogP contribution < -0.4 is 19.6 Å². The summed E-state index contributed by atoms with van der Waals surface area (Å²) >= 11 is 0. The lowest BCUT2D eigenvalue weighted by atomic mass is 9.93. The zero-order chi connectivity index (χ0) is 36.4. The Balaban J connectivity index is 2.03. The van der Waals surface area contributed by atoms with E-state index >= 15 is 0 Å². The van der Waals surface area contributed by atoms with Gasteiger partial charge in [-0.05, 0) is 77.6 Å². The van der Waals surface area contributed by atoms with Gasteiger partial charge in [-0.15, -0.1) is 0 Å². The predicted octanol–water partition coefficient (Wildman–Crippen LogP) is 8.06. The minimum absolute atomic E-state index is 0.00205. The maximum Gasteiger partial charge on any atom is 0.258 e. The fourth-order valence-corrected chi connectivity index (χ4v) is 13.6. The summed E-state index contributed by atoms with van der Waals surface area (Å²) in [6.45, 7) is 25.1. The van der Waals surface area contributed by atoms with Gasteiger partial charge in [0.05, 0.1) is 30.2 Å². The second-order valence-corrected chi connectivity index (χ2v) is 27.4. The zero-order valence-corrected chi connectivity index (χ0v) is 34.2. The first-order chi connectivity index (χ1) is 22.1. The van der Waals surface area contributed by atoms with E-state index in [9.17, 15) is 13.2 Å². The van der Waals surface area contributed by atoms with E-state index in [1.807, 2.05) is 23.1 Å². The minimum Gasteiger partial charge on any atom is -0.540 e. The normalized spacial score (nSPS) is 16.5. The largest absolute Gasteiger partial charge is 0.540 e. The molecular weight excluding hydrogens is 659 g/mol. The second-order valence-electron chi connectivity index (χ2n) is 15.4. The van der Waals surface area contributed by atoms with Crippen molar-refractivity contribution in [1.82, 2.24) is 9.62 Å². The SMILES string of the molecule is CNS(=O)(=O)c1ccc(C2=CCN(C(=O)c3cc(OC)c(O[Si](C(C)C)(C(C)C)C(C)C)cc3N)C(CO[Si](C)(C)C(C)(C)C)C2)cc1. The third kappa shape index (κ3) is 8.21. The highest BCUT2D eigenvalue weighted by atomic mass is 32.2. The van der Waals surface area contributed by atoms with Crippen molar-refractivity contribution >= 4 is 43.8 Å². The van der Waals surface area contributed by atoms with E-state index in [2.05, 4.69) is 80.1 Å². The summed E-state index contributed by atoms with van der Waals surface area (Å²) in [7, 11) is -5.02. The molecule has 9 nitrogen and oxygen atoms in total. The molecule has 0 fully saturated rings. The van der Waals surface area contributed by atoms with Crippen LogP contribution in [0.5, 0.6) is 11.5 Å². The van der Waals surface area contributed by atoms with Gasteiger partial charge in [-0.1, -0.05) is 80.5 Å². The number of nitrogens with two attached hydrogens (primary N) is 1. The summed E-state index contributed by atoms with van der Waals surface area (Å²) in [6.07, 6.45) is 2.57. The van der Waals surface area contributed by atoms with E-state index in [1.54, 1.807) is 31.4 Å². The molecule has 1 amide bonds. The number of carbonyl (C=O) groups is 1. The molecule has 0 bridgehead atoms. The zero-order valence-electron chi connectivity index (χ0n) is 31.4. The molecule has 0 aromatic heterocycles. The molecule has 0 spiro atoms. The molecule has 2 aromatic rings. The third-order valence-corrected chi connectivity index (χ3v) is 22.4. The van der Waals surface area contributed by atoms with E-state index in [0.29, 0.717) is 58.9 Å². The van der Waals surface area contributed by atoms with Crippen LogP contribution in [0.15, 0.2) is 47.4 Å². The first kappa shape index (κ1) is 39.8. The van der Waals surface area contributed by atoms with E-state index < -0.39 is 26.7 Å². The molecule has 2 aromatic carbocycles. The number of rotatable bonds is 13.